The Balaban J connectivity index is 1.28. The summed E-state index contributed by atoms with van der Waals surface area (Å²) in [5, 5.41) is 6.31. The number of halogens is 1. The van der Waals surface area contributed by atoms with Gasteiger partial charge in [0.05, 0.1) is 6.04 Å². The van der Waals surface area contributed by atoms with Crippen molar-refractivity contribution in [3.05, 3.63) is 77.8 Å². The standard InChI is InChI=1S/C26H27ClN4O3/c1-18(32)30(2)23-15-16-31(17-23)22-9-5-20(6-10-22)28-26(33)29-21-7-13-25(14-8-21)34-24-11-3-19(27)4-12-24/h3-14,23H,15-17H2,1-2H3,(H2,28,29,33). The molecule has 0 aromatic heterocycles. The molecule has 0 aliphatic carbocycles. The average molecular weight is 479 g/mol. The summed E-state index contributed by atoms with van der Waals surface area (Å²) in [6.07, 6.45) is 0.946. The molecule has 176 valence electrons. The summed E-state index contributed by atoms with van der Waals surface area (Å²) < 4.78 is 5.76. The van der Waals surface area contributed by atoms with Crippen LogP contribution in [0, 0.1) is 0 Å². The van der Waals surface area contributed by atoms with Crippen LogP contribution in [0.15, 0.2) is 72.8 Å². The monoisotopic (exact) mass is 478 g/mol. The van der Waals surface area contributed by atoms with Crippen LogP contribution in [-0.2, 0) is 4.79 Å². The third kappa shape index (κ3) is 5.99. The number of rotatable bonds is 6. The van der Waals surface area contributed by atoms with E-state index in [0.29, 0.717) is 27.9 Å². The van der Waals surface area contributed by atoms with Gasteiger partial charge in [-0.15, -0.1) is 0 Å². The van der Waals surface area contributed by atoms with Crippen molar-refractivity contribution in [1.29, 1.82) is 0 Å². The molecule has 0 spiro atoms. The summed E-state index contributed by atoms with van der Waals surface area (Å²) in [5.74, 6) is 1.42. The largest absolute Gasteiger partial charge is 0.457 e. The smallest absolute Gasteiger partial charge is 0.323 e. The van der Waals surface area contributed by atoms with Crippen LogP contribution in [0.1, 0.15) is 13.3 Å². The van der Waals surface area contributed by atoms with E-state index in [9.17, 15) is 9.59 Å². The second kappa shape index (κ2) is 10.5. The summed E-state index contributed by atoms with van der Waals surface area (Å²) in [7, 11) is 1.85. The fourth-order valence-corrected chi connectivity index (χ4v) is 3.97. The average Bonchev–Trinajstić information content (AvgIpc) is 3.32. The van der Waals surface area contributed by atoms with E-state index in [4.69, 9.17) is 16.3 Å². The van der Waals surface area contributed by atoms with E-state index in [1.165, 1.54) is 0 Å². The lowest BCUT2D eigenvalue weighted by molar-refractivity contribution is -0.129. The molecule has 1 aliphatic rings. The number of carbonyl (C=O) groups excluding carboxylic acids is 2. The van der Waals surface area contributed by atoms with Crippen molar-refractivity contribution in [2.75, 3.05) is 35.7 Å². The first-order valence-corrected chi connectivity index (χ1v) is 11.4. The molecule has 7 nitrogen and oxygen atoms in total. The minimum absolute atomic E-state index is 0.0844. The van der Waals surface area contributed by atoms with Crippen molar-refractivity contribution in [2.24, 2.45) is 0 Å². The molecular weight excluding hydrogens is 452 g/mol. The van der Waals surface area contributed by atoms with Gasteiger partial charge in [0.25, 0.3) is 0 Å². The van der Waals surface area contributed by atoms with Crippen LogP contribution in [0.2, 0.25) is 5.02 Å². The van der Waals surface area contributed by atoms with Crippen molar-refractivity contribution in [2.45, 2.75) is 19.4 Å². The summed E-state index contributed by atoms with van der Waals surface area (Å²) in [4.78, 5) is 28.1. The molecule has 1 unspecified atom stereocenters. The van der Waals surface area contributed by atoms with Gasteiger partial charge in [0.15, 0.2) is 0 Å². The molecule has 1 fully saturated rings. The molecule has 3 aromatic rings. The topological polar surface area (TPSA) is 73.9 Å². The van der Waals surface area contributed by atoms with Crippen molar-refractivity contribution < 1.29 is 14.3 Å². The highest BCUT2D eigenvalue weighted by atomic mass is 35.5. The van der Waals surface area contributed by atoms with Crippen LogP contribution >= 0.6 is 11.6 Å². The quantitative estimate of drug-likeness (QED) is 0.467. The van der Waals surface area contributed by atoms with E-state index >= 15 is 0 Å². The predicted molar refractivity (Wildman–Crippen MR) is 136 cm³/mol. The highest BCUT2D eigenvalue weighted by Crippen LogP contribution is 2.26. The second-order valence-electron chi connectivity index (χ2n) is 8.22. The van der Waals surface area contributed by atoms with E-state index < -0.39 is 0 Å². The zero-order valence-electron chi connectivity index (χ0n) is 19.1. The fourth-order valence-electron chi connectivity index (χ4n) is 3.84. The van der Waals surface area contributed by atoms with Gasteiger partial charge < -0.3 is 25.2 Å². The zero-order chi connectivity index (χ0) is 24.1. The molecule has 8 heteroatoms. The van der Waals surface area contributed by atoms with Gasteiger partial charge in [0.2, 0.25) is 5.91 Å². The number of carbonyl (C=O) groups is 2. The number of benzene rings is 3. The van der Waals surface area contributed by atoms with Crippen LogP contribution < -0.4 is 20.3 Å². The number of nitrogens with zero attached hydrogens (tertiary/aromatic N) is 2. The lowest BCUT2D eigenvalue weighted by atomic mass is 10.2. The molecule has 0 saturated carbocycles. The van der Waals surface area contributed by atoms with Crippen LogP contribution in [0.5, 0.6) is 11.5 Å². The van der Waals surface area contributed by atoms with E-state index in [0.717, 1.165) is 25.2 Å². The van der Waals surface area contributed by atoms with Crippen LogP contribution in [0.25, 0.3) is 0 Å². The van der Waals surface area contributed by atoms with Gasteiger partial charge in [-0.25, -0.2) is 4.79 Å². The van der Waals surface area contributed by atoms with Crippen LogP contribution in [0.4, 0.5) is 21.9 Å². The van der Waals surface area contributed by atoms with Gasteiger partial charge in [0.1, 0.15) is 11.5 Å². The van der Waals surface area contributed by atoms with Gasteiger partial charge in [-0.1, -0.05) is 11.6 Å². The normalized spacial score (nSPS) is 15.0. The lowest BCUT2D eigenvalue weighted by Crippen LogP contribution is -2.37. The molecule has 34 heavy (non-hydrogen) atoms. The molecule has 1 aliphatic heterocycles. The Bertz CT molecular complexity index is 1130. The molecule has 0 radical (unpaired) electrons. The van der Waals surface area contributed by atoms with Crippen molar-refractivity contribution >= 4 is 40.6 Å². The zero-order valence-corrected chi connectivity index (χ0v) is 19.9. The first kappa shape index (κ1) is 23.4. The van der Waals surface area contributed by atoms with Crippen molar-refractivity contribution in [1.82, 2.24) is 4.90 Å². The van der Waals surface area contributed by atoms with Gasteiger partial charge >= 0.3 is 6.03 Å². The molecule has 3 amide bonds. The molecule has 1 atom stereocenters. The number of likely N-dealkylation sites (N-methyl/N-ethyl adjacent to an activating group) is 1. The third-order valence-electron chi connectivity index (χ3n) is 5.86. The Labute approximate surface area is 204 Å². The lowest BCUT2D eigenvalue weighted by Gasteiger charge is -2.24. The molecule has 0 bridgehead atoms. The number of hydrogen-bond donors (Lipinski definition) is 2. The first-order valence-electron chi connectivity index (χ1n) is 11.1. The fraction of sp³-hybridized carbons (Fsp3) is 0.231. The molecular formula is C26H27ClN4O3. The number of ether oxygens (including phenoxy) is 1. The van der Waals surface area contributed by atoms with E-state index in [-0.39, 0.29) is 18.0 Å². The Morgan fingerprint density at radius 1 is 0.912 bits per heavy atom. The van der Waals surface area contributed by atoms with E-state index in [2.05, 4.69) is 15.5 Å². The predicted octanol–water partition coefficient (Wildman–Crippen LogP) is 5.83. The van der Waals surface area contributed by atoms with Gasteiger partial charge in [-0.2, -0.15) is 0 Å². The second-order valence-corrected chi connectivity index (χ2v) is 8.66. The molecule has 4 rings (SSSR count). The van der Waals surface area contributed by atoms with Crippen molar-refractivity contribution in [3.8, 4) is 11.5 Å². The van der Waals surface area contributed by atoms with Gasteiger partial charge in [-0.05, 0) is 79.2 Å². The maximum Gasteiger partial charge on any atom is 0.323 e. The summed E-state index contributed by atoms with van der Waals surface area (Å²) in [5.41, 5.74) is 2.41. The Morgan fingerprint density at radius 2 is 1.44 bits per heavy atom. The Kier molecular flexibility index (Phi) is 7.23. The van der Waals surface area contributed by atoms with Crippen LogP contribution in [-0.4, -0.2) is 43.0 Å². The Morgan fingerprint density at radius 3 is 2.00 bits per heavy atom. The number of nitrogens with one attached hydrogen (secondary N) is 2. The SMILES string of the molecule is CC(=O)N(C)C1CCN(c2ccc(NC(=O)Nc3ccc(Oc4ccc(Cl)cc4)cc3)cc2)C1. The third-order valence-corrected chi connectivity index (χ3v) is 6.11. The van der Waals surface area contributed by atoms with E-state index in [1.807, 2.05) is 31.3 Å². The first-order chi connectivity index (χ1) is 16.4. The number of urea groups is 1. The Hall–Kier alpha value is -3.71. The summed E-state index contributed by atoms with van der Waals surface area (Å²) in [6.45, 7) is 3.30. The minimum Gasteiger partial charge on any atom is -0.457 e. The number of anilines is 3. The molecule has 1 saturated heterocycles. The maximum atomic E-state index is 12.4. The summed E-state index contributed by atoms with van der Waals surface area (Å²) in [6, 6.07) is 21.8. The highest BCUT2D eigenvalue weighted by Gasteiger charge is 2.27. The van der Waals surface area contributed by atoms with Crippen molar-refractivity contribution in [3.63, 3.8) is 0 Å². The van der Waals surface area contributed by atoms with Gasteiger partial charge in [0, 0.05) is 49.1 Å². The number of amides is 3. The maximum absolute atomic E-state index is 12.4. The van der Waals surface area contributed by atoms with Gasteiger partial charge in [-0.3, -0.25) is 4.79 Å². The van der Waals surface area contributed by atoms with Crippen LogP contribution in [0.3, 0.4) is 0 Å². The van der Waals surface area contributed by atoms with E-state index in [1.54, 1.807) is 60.4 Å². The minimum atomic E-state index is -0.330. The highest BCUT2D eigenvalue weighted by molar-refractivity contribution is 6.30. The molecule has 1 heterocycles. The molecule has 2 N–H and O–H groups in total. The molecule has 3 aromatic carbocycles. The number of hydrogen-bond acceptors (Lipinski definition) is 4. The summed E-state index contributed by atoms with van der Waals surface area (Å²) >= 11 is 5.89.